The maximum Gasteiger partial charge on any atom is 0.164 e. The van der Waals surface area contributed by atoms with Gasteiger partial charge in [-0.05, 0) is 45.2 Å². The standard InChI is InChI=1S/C21H20ClFN4O/c1-11(28)15-14(25)4-3-12(18(15)23)13-7-26-19-16(17(13)22)21(10-27-19)6-5-20(2,8-21)9-24/h3-4,7H,5-6,8,10,25H2,1-2H3,(H,26,27). The molecule has 2 atom stereocenters. The topological polar surface area (TPSA) is 91.8 Å². The third-order valence-corrected chi connectivity index (χ3v) is 6.50. The number of carbonyl (C=O) groups is 1. The first kappa shape index (κ1) is 18.7. The molecule has 0 bridgehead atoms. The first-order valence-electron chi connectivity index (χ1n) is 9.15. The largest absolute Gasteiger partial charge is 0.398 e. The number of nitrogens with one attached hydrogen (secondary N) is 1. The quantitative estimate of drug-likeness (QED) is 0.565. The van der Waals surface area contributed by atoms with Crippen LogP contribution < -0.4 is 11.1 Å². The second kappa shape index (κ2) is 6.18. The molecule has 1 aromatic carbocycles. The SMILES string of the molecule is CC(=O)c1c(N)ccc(-c2cnc3c(c2Cl)C2(CCC(C)(C#N)C2)CN3)c1F. The number of nitrogens with zero attached hydrogens (tertiary/aromatic N) is 2. The molecule has 0 radical (unpaired) electrons. The van der Waals surface area contributed by atoms with Gasteiger partial charge in [-0.15, -0.1) is 0 Å². The summed E-state index contributed by atoms with van der Waals surface area (Å²) in [6.45, 7) is 3.89. The number of nitrogen functional groups attached to an aromatic ring is 1. The van der Waals surface area contributed by atoms with Gasteiger partial charge in [-0.3, -0.25) is 4.79 Å². The number of fused-ring (bicyclic) bond motifs is 2. The van der Waals surface area contributed by atoms with E-state index in [2.05, 4.69) is 16.4 Å². The van der Waals surface area contributed by atoms with Crippen molar-refractivity contribution in [2.24, 2.45) is 5.41 Å². The first-order chi connectivity index (χ1) is 13.2. The number of aromatic nitrogens is 1. The van der Waals surface area contributed by atoms with Crippen LogP contribution in [0.3, 0.4) is 0 Å². The van der Waals surface area contributed by atoms with Crippen molar-refractivity contribution in [1.29, 1.82) is 5.26 Å². The van der Waals surface area contributed by atoms with Gasteiger partial charge in [-0.25, -0.2) is 9.37 Å². The van der Waals surface area contributed by atoms with Crippen molar-refractivity contribution in [3.63, 3.8) is 0 Å². The van der Waals surface area contributed by atoms with Gasteiger partial charge in [0.25, 0.3) is 0 Å². The fourth-order valence-corrected chi connectivity index (χ4v) is 5.13. The molecule has 1 spiro atoms. The van der Waals surface area contributed by atoms with Gasteiger partial charge >= 0.3 is 0 Å². The van der Waals surface area contributed by atoms with Crippen molar-refractivity contribution >= 4 is 28.9 Å². The third-order valence-electron chi connectivity index (χ3n) is 6.11. The molecule has 7 heteroatoms. The summed E-state index contributed by atoms with van der Waals surface area (Å²) in [7, 11) is 0. The summed E-state index contributed by atoms with van der Waals surface area (Å²) < 4.78 is 15.1. The molecule has 28 heavy (non-hydrogen) atoms. The number of benzene rings is 1. The summed E-state index contributed by atoms with van der Waals surface area (Å²) in [6.07, 6.45) is 3.77. The summed E-state index contributed by atoms with van der Waals surface area (Å²) in [4.78, 5) is 16.3. The molecular weight excluding hydrogens is 379 g/mol. The van der Waals surface area contributed by atoms with Crippen molar-refractivity contribution in [2.45, 2.75) is 38.5 Å². The molecule has 2 aromatic rings. The smallest absolute Gasteiger partial charge is 0.164 e. The predicted octanol–water partition coefficient (Wildman–Crippen LogP) is 4.70. The Kier molecular flexibility index (Phi) is 4.13. The minimum absolute atomic E-state index is 0.0951. The Morgan fingerprint density at radius 1 is 1.39 bits per heavy atom. The number of ketones is 1. The number of hydrogen-bond acceptors (Lipinski definition) is 5. The monoisotopic (exact) mass is 398 g/mol. The van der Waals surface area contributed by atoms with E-state index in [1.54, 1.807) is 0 Å². The van der Waals surface area contributed by atoms with Crippen LogP contribution in [0.5, 0.6) is 0 Å². The molecule has 1 aliphatic heterocycles. The minimum Gasteiger partial charge on any atom is -0.398 e. The summed E-state index contributed by atoms with van der Waals surface area (Å²) in [5, 5.41) is 13.3. The molecule has 4 rings (SSSR count). The third kappa shape index (κ3) is 2.57. The van der Waals surface area contributed by atoms with E-state index in [-0.39, 0.29) is 22.2 Å². The van der Waals surface area contributed by atoms with Crippen molar-refractivity contribution in [1.82, 2.24) is 4.98 Å². The highest BCUT2D eigenvalue weighted by molar-refractivity contribution is 6.34. The molecule has 144 valence electrons. The molecule has 5 nitrogen and oxygen atoms in total. The van der Waals surface area contributed by atoms with Crippen molar-refractivity contribution in [2.75, 3.05) is 17.6 Å². The van der Waals surface area contributed by atoms with Gasteiger partial charge in [0.05, 0.1) is 22.1 Å². The maximum atomic E-state index is 15.1. The van der Waals surface area contributed by atoms with Gasteiger partial charge in [0.1, 0.15) is 11.6 Å². The van der Waals surface area contributed by atoms with E-state index in [4.69, 9.17) is 17.3 Å². The van der Waals surface area contributed by atoms with E-state index in [0.717, 1.165) is 18.4 Å². The van der Waals surface area contributed by atoms with Gasteiger partial charge in [0.2, 0.25) is 0 Å². The van der Waals surface area contributed by atoms with Crippen LogP contribution in [0.1, 0.15) is 49.0 Å². The molecule has 0 amide bonds. The van der Waals surface area contributed by atoms with E-state index < -0.39 is 17.0 Å². The molecular formula is C21H20ClFN4O. The number of Topliss-reactive ketones (excluding diaryl/α,β-unsaturated/α-hetero) is 1. The van der Waals surface area contributed by atoms with Gasteiger partial charge in [-0.1, -0.05) is 11.6 Å². The van der Waals surface area contributed by atoms with Crippen LogP contribution in [0.15, 0.2) is 18.3 Å². The van der Waals surface area contributed by atoms with Gasteiger partial charge in [-0.2, -0.15) is 5.26 Å². The Bertz CT molecular complexity index is 1060. The summed E-state index contributed by atoms with van der Waals surface area (Å²) in [5.41, 5.74) is 6.49. The Morgan fingerprint density at radius 3 is 2.79 bits per heavy atom. The molecule has 1 aromatic heterocycles. The highest BCUT2D eigenvalue weighted by Crippen LogP contribution is 2.57. The average molecular weight is 399 g/mol. The van der Waals surface area contributed by atoms with Crippen LogP contribution in [0.4, 0.5) is 15.9 Å². The highest BCUT2D eigenvalue weighted by atomic mass is 35.5. The fourth-order valence-electron chi connectivity index (χ4n) is 4.69. The lowest BCUT2D eigenvalue weighted by atomic mass is 9.77. The fraction of sp³-hybridized carbons (Fsp3) is 0.381. The number of nitrogens with two attached hydrogens (primary N) is 1. The first-order valence-corrected chi connectivity index (χ1v) is 9.52. The highest BCUT2D eigenvalue weighted by Gasteiger charge is 2.52. The second-order valence-corrected chi connectivity index (χ2v) is 8.52. The van der Waals surface area contributed by atoms with Gasteiger partial charge < -0.3 is 11.1 Å². The normalized spacial score (nSPS) is 25.4. The number of hydrogen-bond donors (Lipinski definition) is 2. The van der Waals surface area contributed by atoms with E-state index >= 15 is 4.39 Å². The predicted molar refractivity (Wildman–Crippen MR) is 107 cm³/mol. The van der Waals surface area contributed by atoms with Crippen LogP contribution in [-0.4, -0.2) is 17.3 Å². The van der Waals surface area contributed by atoms with Crippen LogP contribution in [0, 0.1) is 22.6 Å². The number of rotatable bonds is 2. The summed E-state index contributed by atoms with van der Waals surface area (Å²) >= 11 is 6.79. The molecule has 2 unspecified atom stereocenters. The number of anilines is 2. The lowest BCUT2D eigenvalue weighted by Crippen LogP contribution is -2.27. The van der Waals surface area contributed by atoms with E-state index in [1.807, 2.05) is 6.92 Å². The van der Waals surface area contributed by atoms with E-state index in [9.17, 15) is 10.1 Å². The zero-order valence-electron chi connectivity index (χ0n) is 15.7. The molecule has 3 N–H and O–H groups in total. The molecule has 2 aliphatic rings. The maximum absolute atomic E-state index is 15.1. The van der Waals surface area contributed by atoms with Crippen LogP contribution >= 0.6 is 11.6 Å². The van der Waals surface area contributed by atoms with Crippen molar-refractivity contribution < 1.29 is 9.18 Å². The van der Waals surface area contributed by atoms with Gasteiger partial charge in [0, 0.05) is 40.5 Å². The Morgan fingerprint density at radius 2 is 2.14 bits per heavy atom. The number of carbonyl (C=O) groups excluding carboxylic acids is 1. The van der Waals surface area contributed by atoms with Crippen molar-refractivity contribution in [3.8, 4) is 17.2 Å². The Balaban J connectivity index is 1.89. The van der Waals surface area contributed by atoms with E-state index in [1.165, 1.54) is 25.3 Å². The molecule has 1 aliphatic carbocycles. The second-order valence-electron chi connectivity index (χ2n) is 8.14. The average Bonchev–Trinajstić information content (AvgIpc) is 3.18. The Labute approximate surface area is 167 Å². The van der Waals surface area contributed by atoms with Crippen molar-refractivity contribution in [3.05, 3.63) is 40.3 Å². The number of pyridine rings is 1. The van der Waals surface area contributed by atoms with Gasteiger partial charge in [0.15, 0.2) is 5.78 Å². The Hall–Kier alpha value is -2.65. The summed E-state index contributed by atoms with van der Waals surface area (Å²) in [6, 6.07) is 5.45. The van der Waals surface area contributed by atoms with Crippen LogP contribution in [0.2, 0.25) is 5.02 Å². The lowest BCUT2D eigenvalue weighted by molar-refractivity contribution is 0.101. The molecule has 1 saturated carbocycles. The summed E-state index contributed by atoms with van der Waals surface area (Å²) in [5.74, 6) is -0.455. The van der Waals surface area contributed by atoms with Crippen LogP contribution in [-0.2, 0) is 5.41 Å². The van der Waals surface area contributed by atoms with Crippen LogP contribution in [0.25, 0.3) is 11.1 Å². The number of nitriles is 1. The molecule has 2 heterocycles. The lowest BCUT2D eigenvalue weighted by Gasteiger charge is -2.26. The molecule has 1 fully saturated rings. The minimum atomic E-state index is -0.690. The zero-order valence-corrected chi connectivity index (χ0v) is 16.5. The van der Waals surface area contributed by atoms with E-state index in [0.29, 0.717) is 29.4 Å². The molecule has 0 saturated heterocycles. The number of halogens is 2. The zero-order chi connectivity index (χ0) is 20.3.